The second-order valence-corrected chi connectivity index (χ2v) is 17.7. The van der Waals surface area contributed by atoms with Gasteiger partial charge in [-0.2, -0.15) is 0 Å². The molecule has 0 bridgehead atoms. The third kappa shape index (κ3) is 7.52. The molecule has 1 aliphatic heterocycles. The molecule has 302 valence electrons. The van der Waals surface area contributed by atoms with Crippen molar-refractivity contribution < 1.29 is 43.2 Å². The molecule has 2 aromatic carbocycles. The van der Waals surface area contributed by atoms with Crippen LogP contribution in [0.1, 0.15) is 89.2 Å². The molecule has 0 radical (unpaired) electrons. The summed E-state index contributed by atoms with van der Waals surface area (Å²) in [5, 5.41) is 23.7. The van der Waals surface area contributed by atoms with Crippen molar-refractivity contribution in [3.8, 4) is 0 Å². The Morgan fingerprint density at radius 3 is 2.38 bits per heavy atom. The van der Waals surface area contributed by atoms with Crippen LogP contribution >= 0.6 is 11.6 Å². The first kappa shape index (κ1) is 40.8. The van der Waals surface area contributed by atoms with Crippen molar-refractivity contribution in [3.05, 3.63) is 88.2 Å². The predicted octanol–water partition coefficient (Wildman–Crippen LogP) is 7.21. The number of carbonyl (C=O) groups excluding carboxylic acids is 3. The Bertz CT molecular complexity index is 1860. The van der Waals surface area contributed by atoms with Gasteiger partial charge in [0, 0.05) is 49.2 Å². The van der Waals surface area contributed by atoms with Gasteiger partial charge in [0.05, 0.1) is 11.7 Å². The zero-order valence-electron chi connectivity index (χ0n) is 32.7. The maximum Gasteiger partial charge on any atom is 0.344 e. The fraction of sp³-hybridized carbons (Fsp3) is 0.578. The predicted molar refractivity (Wildman–Crippen MR) is 210 cm³/mol. The van der Waals surface area contributed by atoms with Crippen molar-refractivity contribution in [2.75, 3.05) is 40.0 Å². The van der Waals surface area contributed by atoms with Crippen LogP contribution in [-0.4, -0.2) is 84.3 Å². The second-order valence-electron chi connectivity index (χ2n) is 17.3. The first-order valence-electron chi connectivity index (χ1n) is 20.2. The number of carbonyl (C=O) groups is 3. The lowest BCUT2D eigenvalue weighted by Gasteiger charge is -2.60. The van der Waals surface area contributed by atoms with Gasteiger partial charge >= 0.3 is 5.97 Å². The number of halogens is 2. The van der Waals surface area contributed by atoms with E-state index in [1.165, 1.54) is 19.2 Å². The Morgan fingerprint density at radius 1 is 0.964 bits per heavy atom. The van der Waals surface area contributed by atoms with E-state index in [-0.39, 0.29) is 34.7 Å². The van der Waals surface area contributed by atoms with Gasteiger partial charge in [0.2, 0.25) is 5.78 Å². The number of benzene rings is 2. The van der Waals surface area contributed by atoms with Crippen molar-refractivity contribution in [2.24, 2.45) is 28.6 Å². The average Bonchev–Trinajstić information content (AvgIpc) is 3.49. The number of allylic oxidation sites excluding steroid dienone is 1. The Morgan fingerprint density at radius 2 is 1.68 bits per heavy atom. The normalized spacial score (nSPS) is 32.8. The minimum absolute atomic E-state index is 0.00902. The van der Waals surface area contributed by atoms with Crippen LogP contribution in [0.15, 0.2) is 66.3 Å². The molecule has 0 aromatic heterocycles. The van der Waals surface area contributed by atoms with E-state index < -0.39 is 47.7 Å². The molecule has 7 atom stereocenters. The third-order valence-electron chi connectivity index (χ3n) is 14.5. The first-order chi connectivity index (χ1) is 26.7. The summed E-state index contributed by atoms with van der Waals surface area (Å²) >= 11 is 6.04. The van der Waals surface area contributed by atoms with Gasteiger partial charge in [-0.15, -0.1) is 0 Å². The molecule has 2 N–H and O–H groups in total. The molecule has 4 fully saturated rings. The highest BCUT2D eigenvalue weighted by Gasteiger charge is 2.69. The zero-order valence-corrected chi connectivity index (χ0v) is 33.5. The molecule has 1 saturated heterocycles. The summed E-state index contributed by atoms with van der Waals surface area (Å²) in [6, 6.07) is 13.2. The van der Waals surface area contributed by atoms with Crippen molar-refractivity contribution in [1.82, 2.24) is 4.90 Å². The van der Waals surface area contributed by atoms with E-state index in [1.807, 2.05) is 24.3 Å². The van der Waals surface area contributed by atoms with Crippen LogP contribution in [0, 0.1) is 34.4 Å². The van der Waals surface area contributed by atoms with Crippen LogP contribution < -0.4 is 0 Å². The molecule has 1 heterocycles. The van der Waals surface area contributed by atoms with Crippen LogP contribution in [0.25, 0.3) is 5.76 Å². The fourth-order valence-electron chi connectivity index (χ4n) is 11.5. The van der Waals surface area contributed by atoms with E-state index >= 15 is 0 Å². The number of fused-ring (bicyclic) bond motifs is 5. The van der Waals surface area contributed by atoms with Gasteiger partial charge < -0.3 is 29.3 Å². The highest BCUT2D eigenvalue weighted by Crippen LogP contribution is 2.68. The standard InChI is InChI=1S/C45H55ClFNO8/c1-42-18-16-34(49)25-31(42)10-15-35-36-17-19-45(54-3,43(36,2)26-37(50)41(35)42)39(51)27-56-40(52)28-55-38(29-6-13-33(47)14-7-29)5-4-22-48-23-20-44(53,21-24-48)30-8-11-32(46)12-9-30/h5-9,11-14,25,35-37,41,50,53H,4,10,15-24,26-28H2,1-3H3/b38-5-/t35-,36-,37-,41+,42-,43-,45-/m0/s1. The lowest BCUT2D eigenvalue weighted by molar-refractivity contribution is -0.191. The Balaban J connectivity index is 0.958. The number of piperidine rings is 1. The number of esters is 1. The Kier molecular flexibility index (Phi) is 11.7. The smallest absolute Gasteiger partial charge is 0.344 e. The summed E-state index contributed by atoms with van der Waals surface area (Å²) in [5.74, 6) is -0.545. The van der Waals surface area contributed by atoms with Crippen molar-refractivity contribution in [2.45, 2.75) is 95.4 Å². The van der Waals surface area contributed by atoms with E-state index in [2.05, 4.69) is 18.7 Å². The summed E-state index contributed by atoms with van der Waals surface area (Å²) < 4.78 is 31.5. The zero-order chi connectivity index (χ0) is 39.9. The number of aliphatic hydroxyl groups excluding tert-OH is 1. The van der Waals surface area contributed by atoms with E-state index in [4.69, 9.17) is 25.8 Å². The van der Waals surface area contributed by atoms with Gasteiger partial charge in [-0.1, -0.05) is 43.2 Å². The number of nitrogens with zero attached hydrogens (tertiary/aromatic N) is 1. The number of Topliss-reactive ketones (excluding diaryl/α,β-unsaturated/α-hetero) is 1. The molecule has 0 amide bonds. The second kappa shape index (κ2) is 16.1. The van der Waals surface area contributed by atoms with E-state index in [9.17, 15) is 29.0 Å². The van der Waals surface area contributed by atoms with E-state index in [0.29, 0.717) is 74.5 Å². The molecular weight excluding hydrogens is 737 g/mol. The summed E-state index contributed by atoms with van der Waals surface area (Å²) in [6.45, 7) is 5.41. The monoisotopic (exact) mass is 791 g/mol. The third-order valence-corrected chi connectivity index (χ3v) is 14.7. The van der Waals surface area contributed by atoms with E-state index in [0.717, 1.165) is 36.8 Å². The molecule has 2 aromatic rings. The molecule has 0 unspecified atom stereocenters. The number of ether oxygens (including phenoxy) is 3. The molecule has 3 saturated carbocycles. The molecule has 0 spiro atoms. The van der Waals surface area contributed by atoms with Gasteiger partial charge in [-0.05, 0) is 135 Å². The lowest BCUT2D eigenvalue weighted by atomic mass is 9.45. The highest BCUT2D eigenvalue weighted by atomic mass is 35.5. The largest absolute Gasteiger partial charge is 0.482 e. The SMILES string of the molecule is CO[C@]1(C(=O)COC(=O)CO/C(=C\CCN2CCC(O)(c3ccc(Cl)cc3)CC2)c2ccc(F)cc2)CC[C@H]2[C@@H]3CCC4=CC(=O)CC[C@]4(C)[C@H]3[C@@H](O)C[C@@]21C. The van der Waals surface area contributed by atoms with Crippen LogP contribution in [0.4, 0.5) is 4.39 Å². The van der Waals surface area contributed by atoms with E-state index in [1.54, 1.807) is 24.3 Å². The first-order valence-corrected chi connectivity index (χ1v) is 20.5. The van der Waals surface area contributed by atoms with Crippen LogP contribution in [0.5, 0.6) is 0 Å². The molecule has 5 aliphatic rings. The van der Waals surface area contributed by atoms with Gasteiger partial charge in [0.25, 0.3) is 0 Å². The van der Waals surface area contributed by atoms with Crippen molar-refractivity contribution in [1.29, 1.82) is 0 Å². The van der Waals surface area contributed by atoms with Crippen molar-refractivity contribution >= 4 is 34.9 Å². The Labute approximate surface area is 334 Å². The highest BCUT2D eigenvalue weighted by molar-refractivity contribution is 6.30. The Hall–Kier alpha value is -3.41. The average molecular weight is 792 g/mol. The maximum atomic E-state index is 14.1. The number of likely N-dealkylation sites (tertiary alicyclic amines) is 1. The number of rotatable bonds is 12. The minimum Gasteiger partial charge on any atom is -0.482 e. The lowest BCUT2D eigenvalue weighted by Crippen LogP contribution is -2.62. The molecule has 56 heavy (non-hydrogen) atoms. The van der Waals surface area contributed by atoms with Crippen LogP contribution in [0.3, 0.4) is 0 Å². The van der Waals surface area contributed by atoms with Crippen molar-refractivity contribution in [3.63, 3.8) is 0 Å². The summed E-state index contributed by atoms with van der Waals surface area (Å²) in [6.07, 6.45) is 9.28. The van der Waals surface area contributed by atoms with Gasteiger partial charge in [0.15, 0.2) is 19.0 Å². The number of hydrogen-bond acceptors (Lipinski definition) is 9. The molecule has 9 nitrogen and oxygen atoms in total. The topological polar surface area (TPSA) is 123 Å². The number of methoxy groups -OCH3 is 1. The fourth-order valence-corrected chi connectivity index (χ4v) is 11.6. The molecule has 7 rings (SSSR count). The van der Waals surface area contributed by atoms with Crippen LogP contribution in [-0.2, 0) is 34.2 Å². The number of aliphatic hydroxyl groups is 2. The van der Waals surface area contributed by atoms with Gasteiger partial charge in [0.1, 0.15) is 17.2 Å². The quantitative estimate of drug-likeness (QED) is 0.170. The number of ketones is 2. The summed E-state index contributed by atoms with van der Waals surface area (Å²) in [5.41, 5.74) is -0.415. The van der Waals surface area contributed by atoms with Gasteiger partial charge in [-0.25, -0.2) is 9.18 Å². The van der Waals surface area contributed by atoms with Gasteiger partial charge in [-0.3, -0.25) is 9.59 Å². The maximum absolute atomic E-state index is 14.1. The van der Waals surface area contributed by atoms with Crippen LogP contribution in [0.2, 0.25) is 5.02 Å². The summed E-state index contributed by atoms with van der Waals surface area (Å²) in [7, 11) is 1.54. The number of hydrogen-bond donors (Lipinski definition) is 2. The summed E-state index contributed by atoms with van der Waals surface area (Å²) in [4.78, 5) is 41.8. The molecule has 11 heteroatoms. The molecule has 4 aliphatic carbocycles. The minimum atomic E-state index is -1.22. The molecular formula is C45H55ClFNO8.